The predicted octanol–water partition coefficient (Wildman–Crippen LogP) is 4.59. The van der Waals surface area contributed by atoms with Gasteiger partial charge in [0.25, 0.3) is 0 Å². The highest BCUT2D eigenvalue weighted by molar-refractivity contribution is 5.94. The quantitative estimate of drug-likeness (QED) is 0.151. The Hall–Kier alpha value is -5.06. The van der Waals surface area contributed by atoms with E-state index >= 15 is 0 Å². The van der Waals surface area contributed by atoms with Gasteiger partial charge < -0.3 is 23.7 Å². The van der Waals surface area contributed by atoms with E-state index in [0.717, 1.165) is 0 Å². The topological polar surface area (TPSA) is 144 Å². The van der Waals surface area contributed by atoms with Crippen molar-refractivity contribution in [3.63, 3.8) is 0 Å². The van der Waals surface area contributed by atoms with Crippen LogP contribution in [0.2, 0.25) is 0 Å². The highest BCUT2D eigenvalue weighted by atomic mass is 16.6. The number of aromatic nitrogens is 1. The van der Waals surface area contributed by atoms with Crippen LogP contribution < -0.4 is 9.47 Å². The maximum atomic E-state index is 12.7. The van der Waals surface area contributed by atoms with E-state index in [2.05, 4.69) is 4.98 Å². The third kappa shape index (κ3) is 10.2. The molecule has 0 amide bonds. The van der Waals surface area contributed by atoms with Crippen molar-refractivity contribution in [1.82, 2.24) is 4.98 Å². The first-order valence-corrected chi connectivity index (χ1v) is 13.2. The summed E-state index contributed by atoms with van der Waals surface area (Å²) in [6, 6.07) is 15.7. The Bertz CT molecular complexity index is 1310. The maximum Gasteiger partial charge on any atom is 0.341 e. The number of nitrogens with zero attached hydrogens (tertiary/aromatic N) is 1. The fourth-order valence-corrected chi connectivity index (χ4v) is 3.87. The van der Waals surface area contributed by atoms with Gasteiger partial charge in [0.05, 0.1) is 25.4 Å². The van der Waals surface area contributed by atoms with Gasteiger partial charge in [-0.05, 0) is 61.6 Å². The molecule has 11 nitrogen and oxygen atoms in total. The number of para-hydroxylation sites is 2. The summed E-state index contributed by atoms with van der Waals surface area (Å²) in [7, 11) is 0. The molecule has 0 atom stereocenters. The summed E-state index contributed by atoms with van der Waals surface area (Å²) in [5, 5.41) is 0. The fraction of sp³-hybridized carbons (Fsp3) is 0.290. The zero-order valence-corrected chi connectivity index (χ0v) is 23.3. The minimum atomic E-state index is -0.665. The average Bonchev–Trinajstić information content (AvgIpc) is 2.97. The van der Waals surface area contributed by atoms with Crippen molar-refractivity contribution in [3.05, 3.63) is 89.7 Å². The minimum absolute atomic E-state index is 0.0116. The first-order chi connectivity index (χ1) is 20.2. The first kappa shape index (κ1) is 31.5. The number of benzene rings is 2. The minimum Gasteiger partial charge on any atom is -0.462 e. The molecular weight excluding hydrogens is 546 g/mol. The zero-order valence-electron chi connectivity index (χ0n) is 23.3. The number of carbonyl (C=O) groups is 5. The van der Waals surface area contributed by atoms with Crippen LogP contribution in [0.5, 0.6) is 11.5 Å². The van der Waals surface area contributed by atoms with E-state index in [1.165, 1.54) is 44.3 Å². The molecule has 0 N–H and O–H groups in total. The van der Waals surface area contributed by atoms with Gasteiger partial charge >= 0.3 is 29.8 Å². The molecule has 0 unspecified atom stereocenters. The first-order valence-electron chi connectivity index (χ1n) is 13.2. The standard InChI is InChI=1S/C31H31NO10/c1-21(33)41-27-11-5-3-9-25(27)30(36)39-18-14-23(13-17-38-29(35)24-8-7-16-32-20-24)15-19-40-31(37)26-10-4-6-12-28(26)42-22(2)34/h3-12,16,20,23H,13-15,17-19H2,1-2H3. The smallest absolute Gasteiger partial charge is 0.341 e. The van der Waals surface area contributed by atoms with Crippen molar-refractivity contribution in [2.75, 3.05) is 19.8 Å². The van der Waals surface area contributed by atoms with Gasteiger partial charge in [-0.2, -0.15) is 0 Å². The SMILES string of the molecule is CC(=O)Oc1ccccc1C(=O)OCCC(CCOC(=O)c1cccnc1)CCOC(=O)c1ccccc1OC(C)=O. The van der Waals surface area contributed by atoms with Gasteiger partial charge in [0.1, 0.15) is 22.6 Å². The van der Waals surface area contributed by atoms with Crippen LogP contribution in [0.3, 0.4) is 0 Å². The molecule has 0 fully saturated rings. The van der Waals surface area contributed by atoms with Crippen molar-refractivity contribution in [2.45, 2.75) is 33.1 Å². The van der Waals surface area contributed by atoms with Crippen LogP contribution in [-0.4, -0.2) is 54.7 Å². The molecule has 220 valence electrons. The third-order valence-corrected chi connectivity index (χ3v) is 5.90. The Morgan fingerprint density at radius 2 is 1.07 bits per heavy atom. The number of esters is 5. The molecule has 1 heterocycles. The molecule has 0 bridgehead atoms. The lowest BCUT2D eigenvalue weighted by Crippen LogP contribution is -2.17. The molecule has 1 aromatic heterocycles. The van der Waals surface area contributed by atoms with Crippen LogP contribution in [0, 0.1) is 5.92 Å². The van der Waals surface area contributed by atoms with Gasteiger partial charge in [-0.15, -0.1) is 0 Å². The fourth-order valence-electron chi connectivity index (χ4n) is 3.87. The average molecular weight is 578 g/mol. The van der Waals surface area contributed by atoms with E-state index in [-0.39, 0.29) is 48.4 Å². The van der Waals surface area contributed by atoms with Crippen LogP contribution in [0.25, 0.3) is 0 Å². The number of hydrogen-bond donors (Lipinski definition) is 0. The van der Waals surface area contributed by atoms with Crippen molar-refractivity contribution in [1.29, 1.82) is 0 Å². The Morgan fingerprint density at radius 3 is 1.50 bits per heavy atom. The summed E-state index contributed by atoms with van der Waals surface area (Å²) < 4.78 is 26.4. The molecule has 3 aromatic rings. The Kier molecular flexibility index (Phi) is 12.2. The number of ether oxygens (including phenoxy) is 5. The molecule has 3 rings (SSSR count). The maximum absolute atomic E-state index is 12.7. The van der Waals surface area contributed by atoms with Gasteiger partial charge in [-0.25, -0.2) is 14.4 Å². The van der Waals surface area contributed by atoms with Crippen LogP contribution in [0.1, 0.15) is 64.2 Å². The number of pyridine rings is 1. The van der Waals surface area contributed by atoms with Crippen molar-refractivity contribution < 1.29 is 47.7 Å². The lowest BCUT2D eigenvalue weighted by molar-refractivity contribution is -0.132. The van der Waals surface area contributed by atoms with Crippen LogP contribution in [0.15, 0.2) is 73.1 Å². The number of rotatable bonds is 14. The highest BCUT2D eigenvalue weighted by Crippen LogP contribution is 2.22. The molecule has 42 heavy (non-hydrogen) atoms. The third-order valence-electron chi connectivity index (χ3n) is 5.90. The summed E-state index contributed by atoms with van der Waals surface area (Å²) in [6.07, 6.45) is 4.08. The second-order valence-corrected chi connectivity index (χ2v) is 9.06. The van der Waals surface area contributed by atoms with Crippen molar-refractivity contribution >= 4 is 29.8 Å². The van der Waals surface area contributed by atoms with E-state index in [0.29, 0.717) is 24.8 Å². The largest absolute Gasteiger partial charge is 0.462 e. The van der Waals surface area contributed by atoms with E-state index in [4.69, 9.17) is 23.7 Å². The summed E-state index contributed by atoms with van der Waals surface area (Å²) in [5.74, 6) is -2.97. The molecule has 0 aliphatic carbocycles. The molecule has 0 spiro atoms. The number of hydrogen-bond acceptors (Lipinski definition) is 11. The lowest BCUT2D eigenvalue weighted by Gasteiger charge is -2.18. The van der Waals surface area contributed by atoms with Gasteiger partial charge in [0.15, 0.2) is 0 Å². The van der Waals surface area contributed by atoms with Gasteiger partial charge in [0, 0.05) is 26.2 Å². The summed E-state index contributed by atoms with van der Waals surface area (Å²) in [5.41, 5.74) is 0.528. The Balaban J connectivity index is 1.58. The van der Waals surface area contributed by atoms with E-state index in [9.17, 15) is 24.0 Å². The van der Waals surface area contributed by atoms with Gasteiger partial charge in [-0.1, -0.05) is 24.3 Å². The normalized spacial score (nSPS) is 10.5. The molecule has 11 heteroatoms. The van der Waals surface area contributed by atoms with E-state index in [1.54, 1.807) is 42.6 Å². The lowest BCUT2D eigenvalue weighted by atomic mass is 9.99. The number of carbonyl (C=O) groups excluding carboxylic acids is 5. The van der Waals surface area contributed by atoms with Crippen molar-refractivity contribution in [2.24, 2.45) is 5.92 Å². The summed E-state index contributed by atoms with van der Waals surface area (Å²) in [6.45, 7) is 2.56. The molecule has 2 aromatic carbocycles. The molecule has 0 saturated carbocycles. The van der Waals surface area contributed by atoms with Crippen LogP contribution in [-0.2, 0) is 23.8 Å². The molecule has 0 saturated heterocycles. The Morgan fingerprint density at radius 1 is 0.619 bits per heavy atom. The molecular formula is C31H31NO10. The summed E-state index contributed by atoms with van der Waals surface area (Å²) in [4.78, 5) is 64.2. The molecule has 0 radical (unpaired) electrons. The zero-order chi connectivity index (χ0) is 30.3. The highest BCUT2D eigenvalue weighted by Gasteiger charge is 2.19. The summed E-state index contributed by atoms with van der Waals surface area (Å²) >= 11 is 0. The van der Waals surface area contributed by atoms with Gasteiger partial charge in [0.2, 0.25) is 0 Å². The van der Waals surface area contributed by atoms with E-state index in [1.807, 2.05) is 0 Å². The molecule has 0 aliphatic heterocycles. The van der Waals surface area contributed by atoms with Crippen molar-refractivity contribution in [3.8, 4) is 11.5 Å². The molecule has 0 aliphatic rings. The Labute approximate surface area is 242 Å². The van der Waals surface area contributed by atoms with Crippen LogP contribution >= 0.6 is 0 Å². The second-order valence-electron chi connectivity index (χ2n) is 9.06. The predicted molar refractivity (Wildman–Crippen MR) is 148 cm³/mol. The second kappa shape index (κ2) is 16.3. The van der Waals surface area contributed by atoms with E-state index < -0.39 is 29.8 Å². The van der Waals surface area contributed by atoms with Gasteiger partial charge in [-0.3, -0.25) is 14.6 Å². The van der Waals surface area contributed by atoms with Crippen LogP contribution in [0.4, 0.5) is 0 Å². The monoisotopic (exact) mass is 577 g/mol.